The van der Waals surface area contributed by atoms with Crippen molar-refractivity contribution < 1.29 is 19.5 Å². The van der Waals surface area contributed by atoms with E-state index in [4.69, 9.17) is 15.0 Å². The first-order valence-corrected chi connectivity index (χ1v) is 12.7. The van der Waals surface area contributed by atoms with Crippen molar-refractivity contribution in [1.82, 2.24) is 5.06 Å². The van der Waals surface area contributed by atoms with E-state index in [-0.39, 0.29) is 24.5 Å². The van der Waals surface area contributed by atoms with Gasteiger partial charge in [-0.1, -0.05) is 33.3 Å². The number of esters is 1. The van der Waals surface area contributed by atoms with E-state index in [0.29, 0.717) is 12.8 Å². The number of hydroxylamine groups is 2. The van der Waals surface area contributed by atoms with Gasteiger partial charge in [-0.2, -0.15) is 10.3 Å². The van der Waals surface area contributed by atoms with Gasteiger partial charge in [0.05, 0.1) is 42.2 Å². The van der Waals surface area contributed by atoms with Gasteiger partial charge in [-0.15, -0.1) is 11.3 Å². The van der Waals surface area contributed by atoms with E-state index in [2.05, 4.69) is 19.9 Å². The quantitative estimate of drug-likeness (QED) is 0.198. The Balaban J connectivity index is 3.58. The molecule has 8 heteroatoms. The number of aliphatic hydroxyl groups excluding tert-OH is 1. The van der Waals surface area contributed by atoms with Crippen molar-refractivity contribution >= 4 is 23.5 Å². The number of ether oxygens (including phenoxy) is 1. The van der Waals surface area contributed by atoms with Crippen LogP contribution in [0.4, 0.5) is 0 Å². The van der Waals surface area contributed by atoms with Crippen LogP contribution in [-0.2, 0) is 14.4 Å². The van der Waals surface area contributed by atoms with E-state index >= 15 is 0 Å². The van der Waals surface area contributed by atoms with Crippen molar-refractivity contribution in [3.05, 3.63) is 22.4 Å². The summed E-state index contributed by atoms with van der Waals surface area (Å²) in [5.41, 5.74) is -2.68. The number of carbonyl (C=O) groups excluding carboxylic acids is 1. The number of thiophene rings is 1. The highest BCUT2D eigenvalue weighted by Gasteiger charge is 2.49. The van der Waals surface area contributed by atoms with E-state index in [9.17, 15) is 15.2 Å². The number of hydrogen-bond donors (Lipinski definition) is 2. The number of nitrogens with one attached hydrogen (secondary N) is 1. The summed E-state index contributed by atoms with van der Waals surface area (Å²) in [6.45, 7) is 15.2. The molecule has 1 aromatic rings. The van der Waals surface area contributed by atoms with E-state index in [1.807, 2.05) is 52.1 Å². The van der Waals surface area contributed by atoms with Crippen molar-refractivity contribution in [2.45, 2.75) is 85.9 Å². The second-order valence-corrected chi connectivity index (χ2v) is 11.7. The monoisotopic (exact) mass is 493 g/mol. The average molecular weight is 494 g/mol. The molecule has 0 aliphatic carbocycles. The Morgan fingerprint density at radius 2 is 1.94 bits per heavy atom. The molecule has 0 aliphatic rings. The second kappa shape index (κ2) is 12.3. The number of hydrogen-bond acceptors (Lipinski definition) is 8. The average Bonchev–Trinajstić information content (AvgIpc) is 3.32. The van der Waals surface area contributed by atoms with Crippen LogP contribution in [0.15, 0.2) is 17.5 Å². The fourth-order valence-corrected chi connectivity index (χ4v) is 5.32. The molecule has 4 atom stereocenters. The third kappa shape index (κ3) is 6.66. The van der Waals surface area contributed by atoms with Gasteiger partial charge in [0.25, 0.3) is 0 Å². The number of nitrogens with zero attached hydrogens (tertiary/aromatic N) is 2. The summed E-state index contributed by atoms with van der Waals surface area (Å²) in [4.78, 5) is 20.8. The summed E-state index contributed by atoms with van der Waals surface area (Å²) in [5.74, 6) is -0.488. The zero-order chi connectivity index (χ0) is 26.3. The number of methoxy groups -OCH3 is 1. The maximum Gasteiger partial charge on any atom is 0.314 e. The Kier molecular flexibility index (Phi) is 10.9. The van der Waals surface area contributed by atoms with Crippen LogP contribution < -0.4 is 0 Å². The summed E-state index contributed by atoms with van der Waals surface area (Å²) < 4.78 is 5.19. The van der Waals surface area contributed by atoms with Gasteiger partial charge in [0.2, 0.25) is 0 Å². The first-order valence-electron chi connectivity index (χ1n) is 11.9. The molecule has 0 fully saturated rings. The number of aliphatic hydroxyl groups is 1. The minimum absolute atomic E-state index is 0.120. The molecule has 0 aromatic carbocycles. The van der Waals surface area contributed by atoms with Crippen LogP contribution in [-0.4, -0.2) is 47.7 Å². The molecular formula is C26H43N3O4S. The van der Waals surface area contributed by atoms with Crippen LogP contribution in [0.25, 0.3) is 0 Å². The van der Waals surface area contributed by atoms with Crippen LogP contribution in [0, 0.1) is 39.4 Å². The Morgan fingerprint density at radius 3 is 2.32 bits per heavy atom. The van der Waals surface area contributed by atoms with Crippen molar-refractivity contribution in [3.63, 3.8) is 0 Å². The normalized spacial score (nSPS) is 17.0. The molecule has 0 bridgehead atoms. The highest BCUT2D eigenvalue weighted by molar-refractivity contribution is 7.10. The maximum absolute atomic E-state index is 13.2. The first kappa shape index (κ1) is 30.2. The molecule has 0 radical (unpaired) electrons. The Morgan fingerprint density at radius 1 is 1.32 bits per heavy atom. The van der Waals surface area contributed by atoms with E-state index in [1.54, 1.807) is 23.3 Å². The third-order valence-electron chi connectivity index (χ3n) is 6.83. The lowest BCUT2D eigenvalue weighted by Crippen LogP contribution is -2.55. The van der Waals surface area contributed by atoms with Crippen molar-refractivity contribution in [3.8, 4) is 6.07 Å². The smallest absolute Gasteiger partial charge is 0.314 e. The van der Waals surface area contributed by atoms with Gasteiger partial charge in [-0.05, 0) is 64.3 Å². The fraction of sp³-hybridized carbons (Fsp3) is 0.731. The third-order valence-corrected chi connectivity index (χ3v) is 7.78. The maximum atomic E-state index is 13.2. The highest BCUT2D eigenvalue weighted by atomic mass is 32.1. The number of nitriles is 1. The zero-order valence-corrected chi connectivity index (χ0v) is 23.0. The minimum Gasteiger partial charge on any atom is -0.469 e. The molecule has 0 amide bonds. The zero-order valence-electron chi connectivity index (χ0n) is 22.2. The summed E-state index contributed by atoms with van der Waals surface area (Å²) >= 11 is 1.60. The molecule has 1 heterocycles. The van der Waals surface area contributed by atoms with Crippen LogP contribution >= 0.6 is 11.3 Å². The summed E-state index contributed by atoms with van der Waals surface area (Å²) in [7, 11) is 1.33. The second-order valence-electron chi connectivity index (χ2n) is 10.7. The van der Waals surface area contributed by atoms with E-state index < -0.39 is 28.4 Å². The van der Waals surface area contributed by atoms with Gasteiger partial charge in [0.15, 0.2) is 0 Å². The molecule has 192 valence electrons. The van der Waals surface area contributed by atoms with Gasteiger partial charge in [0, 0.05) is 11.1 Å². The predicted octanol–water partition coefficient (Wildman–Crippen LogP) is 5.61. The Hall–Kier alpha value is -1.79. The predicted molar refractivity (Wildman–Crippen MR) is 136 cm³/mol. The number of carbonyl (C=O) groups is 1. The molecule has 0 saturated heterocycles. The molecule has 34 heavy (non-hydrogen) atoms. The van der Waals surface area contributed by atoms with Crippen LogP contribution in [0.3, 0.4) is 0 Å². The van der Waals surface area contributed by atoms with Crippen LogP contribution in [0.2, 0.25) is 0 Å². The largest absolute Gasteiger partial charge is 0.469 e. The van der Waals surface area contributed by atoms with Gasteiger partial charge in [-0.25, -0.2) is 0 Å². The molecule has 0 aliphatic heterocycles. The molecule has 2 N–H and O–H groups in total. The van der Waals surface area contributed by atoms with Gasteiger partial charge in [0.1, 0.15) is 6.10 Å². The van der Waals surface area contributed by atoms with Gasteiger partial charge >= 0.3 is 5.97 Å². The lowest BCUT2D eigenvalue weighted by Gasteiger charge is -2.47. The molecule has 0 saturated carbocycles. The van der Waals surface area contributed by atoms with Gasteiger partial charge < -0.3 is 15.3 Å². The molecule has 4 unspecified atom stereocenters. The van der Waals surface area contributed by atoms with Crippen LogP contribution in [0.5, 0.6) is 0 Å². The summed E-state index contributed by atoms with van der Waals surface area (Å²) in [6.07, 6.45) is 1.17. The fourth-order valence-electron chi connectivity index (χ4n) is 4.34. The molecule has 0 spiro atoms. The van der Waals surface area contributed by atoms with Crippen molar-refractivity contribution in [1.29, 1.82) is 10.7 Å². The molecule has 1 aromatic heterocycles. The van der Waals surface area contributed by atoms with Crippen molar-refractivity contribution in [2.75, 3.05) is 13.7 Å². The first-order chi connectivity index (χ1) is 15.7. The standard InChI is InChI=1S/C26H43N3O4S/c1-10-19(24(4,5)16-28)14-26(8,23(31)32-9)21(15-27)33-29(25(6,7)17-30)22(18(2)3)20-12-11-13-34-20/h11-13,15,18-19,21-22,27,30H,10,14,17H2,1-9H3. The Bertz CT molecular complexity index is 832. The lowest BCUT2D eigenvalue weighted by molar-refractivity contribution is -0.285. The molecule has 1 rings (SSSR count). The summed E-state index contributed by atoms with van der Waals surface area (Å²) in [5, 5.41) is 32.0. The Labute approximate surface area is 209 Å². The van der Waals surface area contributed by atoms with E-state index in [0.717, 1.165) is 11.1 Å². The molecular weight excluding hydrogens is 450 g/mol. The molecule has 7 nitrogen and oxygen atoms in total. The van der Waals surface area contributed by atoms with Crippen molar-refractivity contribution in [2.24, 2.45) is 22.7 Å². The van der Waals surface area contributed by atoms with E-state index in [1.165, 1.54) is 7.11 Å². The highest BCUT2D eigenvalue weighted by Crippen LogP contribution is 2.44. The lowest BCUT2D eigenvalue weighted by atomic mass is 9.67. The van der Waals surface area contributed by atoms with Gasteiger partial charge in [-0.3, -0.25) is 9.63 Å². The topological polar surface area (TPSA) is 107 Å². The minimum atomic E-state index is -1.22. The SMILES string of the molecule is CCC(CC(C)(C(=O)OC)C(C=N)ON(C(c1cccs1)C(C)C)C(C)(C)CO)C(C)(C)C#N. The number of rotatable bonds is 14. The van der Waals surface area contributed by atoms with Crippen LogP contribution in [0.1, 0.15) is 79.2 Å². The summed E-state index contributed by atoms with van der Waals surface area (Å²) in [6, 6.07) is 6.16.